The fourth-order valence-corrected chi connectivity index (χ4v) is 3.53. The Balaban J connectivity index is 1.95. The van der Waals surface area contributed by atoms with Gasteiger partial charge in [0.1, 0.15) is 0 Å². The van der Waals surface area contributed by atoms with E-state index < -0.39 is 0 Å². The standard InChI is InChI=1S/C15H18BrNOS/c1-11(15-8-13(16)10-19-15)17-14(9-18)7-12-5-3-2-4-6-12/h2-6,8,10-11,14,17-18H,7,9H2,1H3/t11?,14-/m0/s1. The van der Waals surface area contributed by atoms with Gasteiger partial charge in [-0.1, -0.05) is 30.3 Å². The Hall–Kier alpha value is -0.680. The van der Waals surface area contributed by atoms with Gasteiger partial charge in [0.15, 0.2) is 0 Å². The average molecular weight is 340 g/mol. The highest BCUT2D eigenvalue weighted by molar-refractivity contribution is 9.10. The Bertz CT molecular complexity index is 500. The van der Waals surface area contributed by atoms with Crippen LogP contribution in [0.25, 0.3) is 0 Å². The molecule has 0 saturated carbocycles. The highest BCUT2D eigenvalue weighted by Gasteiger charge is 2.14. The van der Waals surface area contributed by atoms with Crippen LogP contribution < -0.4 is 5.32 Å². The Morgan fingerprint density at radius 1 is 1.32 bits per heavy atom. The third kappa shape index (κ3) is 4.42. The maximum atomic E-state index is 9.52. The Morgan fingerprint density at radius 2 is 2.05 bits per heavy atom. The van der Waals surface area contributed by atoms with Crippen LogP contribution in [-0.2, 0) is 6.42 Å². The Labute approximate surface area is 126 Å². The van der Waals surface area contributed by atoms with E-state index in [1.807, 2.05) is 18.2 Å². The maximum Gasteiger partial charge on any atom is 0.0588 e. The monoisotopic (exact) mass is 339 g/mol. The minimum absolute atomic E-state index is 0.0817. The zero-order valence-corrected chi connectivity index (χ0v) is 13.2. The Morgan fingerprint density at radius 3 is 2.63 bits per heavy atom. The number of aliphatic hydroxyl groups excluding tert-OH is 1. The van der Waals surface area contributed by atoms with E-state index in [1.54, 1.807) is 11.3 Å². The van der Waals surface area contributed by atoms with Crippen LogP contribution in [0.5, 0.6) is 0 Å². The fourth-order valence-electron chi connectivity index (χ4n) is 2.07. The second-order valence-electron chi connectivity index (χ2n) is 4.62. The maximum absolute atomic E-state index is 9.52. The first-order chi connectivity index (χ1) is 9.19. The minimum atomic E-state index is 0.0817. The van der Waals surface area contributed by atoms with Crippen molar-refractivity contribution in [2.75, 3.05) is 6.61 Å². The first-order valence-electron chi connectivity index (χ1n) is 6.34. The molecule has 2 aromatic rings. The molecule has 2 nitrogen and oxygen atoms in total. The number of aliphatic hydroxyl groups is 1. The largest absolute Gasteiger partial charge is 0.395 e. The first kappa shape index (κ1) is 14.7. The summed E-state index contributed by atoms with van der Waals surface area (Å²) < 4.78 is 1.12. The number of halogens is 1. The molecule has 19 heavy (non-hydrogen) atoms. The number of nitrogens with one attached hydrogen (secondary N) is 1. The molecule has 1 heterocycles. The van der Waals surface area contributed by atoms with Crippen LogP contribution in [-0.4, -0.2) is 17.8 Å². The SMILES string of the molecule is CC(N[C@H](CO)Cc1ccccc1)c1cc(Br)cs1. The van der Waals surface area contributed by atoms with Crippen molar-refractivity contribution in [3.63, 3.8) is 0 Å². The van der Waals surface area contributed by atoms with Crippen LogP contribution in [0, 0.1) is 0 Å². The average Bonchev–Trinajstić information content (AvgIpc) is 2.86. The molecule has 1 aromatic carbocycles. The highest BCUT2D eigenvalue weighted by atomic mass is 79.9. The molecule has 0 radical (unpaired) electrons. The highest BCUT2D eigenvalue weighted by Crippen LogP contribution is 2.25. The van der Waals surface area contributed by atoms with Crippen molar-refractivity contribution < 1.29 is 5.11 Å². The van der Waals surface area contributed by atoms with E-state index in [2.05, 4.69) is 51.7 Å². The number of hydrogen-bond donors (Lipinski definition) is 2. The topological polar surface area (TPSA) is 32.3 Å². The van der Waals surface area contributed by atoms with E-state index in [9.17, 15) is 5.11 Å². The summed E-state index contributed by atoms with van der Waals surface area (Å²) in [5, 5.41) is 15.1. The molecule has 0 amide bonds. The van der Waals surface area contributed by atoms with E-state index in [0.29, 0.717) is 0 Å². The van der Waals surface area contributed by atoms with Crippen LogP contribution in [0.3, 0.4) is 0 Å². The van der Waals surface area contributed by atoms with Gasteiger partial charge < -0.3 is 10.4 Å². The number of hydrogen-bond acceptors (Lipinski definition) is 3. The van der Waals surface area contributed by atoms with Gasteiger partial charge in [-0.2, -0.15) is 0 Å². The van der Waals surface area contributed by atoms with Crippen molar-refractivity contribution in [2.24, 2.45) is 0 Å². The molecule has 0 fully saturated rings. The lowest BCUT2D eigenvalue weighted by atomic mass is 10.1. The van der Waals surface area contributed by atoms with E-state index in [4.69, 9.17) is 0 Å². The van der Waals surface area contributed by atoms with Gasteiger partial charge in [-0.3, -0.25) is 0 Å². The third-order valence-electron chi connectivity index (χ3n) is 3.05. The van der Waals surface area contributed by atoms with Gasteiger partial charge in [-0.05, 0) is 40.9 Å². The van der Waals surface area contributed by atoms with Crippen molar-refractivity contribution >= 4 is 27.3 Å². The van der Waals surface area contributed by atoms with Crippen LogP contribution in [0.4, 0.5) is 0 Å². The number of benzene rings is 1. The van der Waals surface area contributed by atoms with Gasteiger partial charge in [-0.15, -0.1) is 11.3 Å². The van der Waals surface area contributed by atoms with Gasteiger partial charge in [0.25, 0.3) is 0 Å². The molecule has 0 aliphatic carbocycles. The molecule has 2 rings (SSSR count). The molecular weight excluding hydrogens is 322 g/mol. The lowest BCUT2D eigenvalue weighted by molar-refractivity contribution is 0.233. The van der Waals surface area contributed by atoms with Crippen LogP contribution in [0.2, 0.25) is 0 Å². The lowest BCUT2D eigenvalue weighted by Gasteiger charge is -2.21. The Kier molecular flexibility index (Phi) is 5.58. The summed E-state index contributed by atoms with van der Waals surface area (Å²) in [4.78, 5) is 1.28. The van der Waals surface area contributed by atoms with Crippen molar-refractivity contribution in [3.8, 4) is 0 Å². The quantitative estimate of drug-likeness (QED) is 0.839. The summed E-state index contributed by atoms with van der Waals surface area (Å²) in [5.41, 5.74) is 1.24. The molecular formula is C15H18BrNOS. The summed E-state index contributed by atoms with van der Waals surface area (Å²) in [6, 6.07) is 12.7. The van der Waals surface area contributed by atoms with Crippen molar-refractivity contribution in [2.45, 2.75) is 25.4 Å². The van der Waals surface area contributed by atoms with Crippen molar-refractivity contribution in [1.82, 2.24) is 5.32 Å². The minimum Gasteiger partial charge on any atom is -0.395 e. The van der Waals surface area contributed by atoms with Crippen molar-refractivity contribution in [1.29, 1.82) is 0 Å². The molecule has 0 aliphatic rings. The molecule has 1 unspecified atom stereocenters. The lowest BCUT2D eigenvalue weighted by Crippen LogP contribution is -2.36. The zero-order chi connectivity index (χ0) is 13.7. The van der Waals surface area contributed by atoms with Gasteiger partial charge in [-0.25, -0.2) is 0 Å². The van der Waals surface area contributed by atoms with Crippen LogP contribution >= 0.6 is 27.3 Å². The number of rotatable bonds is 6. The molecule has 0 aliphatic heterocycles. The van der Waals surface area contributed by atoms with Crippen LogP contribution in [0.1, 0.15) is 23.4 Å². The molecule has 0 spiro atoms. The molecule has 4 heteroatoms. The molecule has 0 bridgehead atoms. The normalized spacial score (nSPS) is 14.3. The van der Waals surface area contributed by atoms with Gasteiger partial charge in [0, 0.05) is 26.8 Å². The van der Waals surface area contributed by atoms with E-state index >= 15 is 0 Å². The predicted molar refractivity (Wildman–Crippen MR) is 84.6 cm³/mol. The summed E-state index contributed by atoms with van der Waals surface area (Å²) in [7, 11) is 0. The predicted octanol–water partition coefficient (Wildman–Crippen LogP) is 3.76. The summed E-state index contributed by atoms with van der Waals surface area (Å²) in [6.45, 7) is 2.28. The van der Waals surface area contributed by atoms with Gasteiger partial charge in [0.05, 0.1) is 6.61 Å². The number of thiophene rings is 1. The summed E-state index contributed by atoms with van der Waals surface area (Å²) in [6.07, 6.45) is 0.841. The molecule has 0 saturated heterocycles. The second-order valence-corrected chi connectivity index (χ2v) is 6.48. The molecule has 2 atom stereocenters. The second kappa shape index (κ2) is 7.20. The first-order valence-corrected chi connectivity index (χ1v) is 8.01. The molecule has 1 aromatic heterocycles. The smallest absolute Gasteiger partial charge is 0.0588 e. The third-order valence-corrected chi connectivity index (χ3v) is 4.92. The van der Waals surface area contributed by atoms with Gasteiger partial charge in [0.2, 0.25) is 0 Å². The zero-order valence-electron chi connectivity index (χ0n) is 10.8. The molecule has 2 N–H and O–H groups in total. The summed E-state index contributed by atoms with van der Waals surface area (Å²) >= 11 is 5.20. The fraction of sp³-hybridized carbons (Fsp3) is 0.333. The van der Waals surface area contributed by atoms with E-state index in [-0.39, 0.29) is 18.7 Å². The van der Waals surface area contributed by atoms with E-state index in [1.165, 1.54) is 10.4 Å². The molecule has 102 valence electrons. The van der Waals surface area contributed by atoms with Crippen LogP contribution in [0.15, 0.2) is 46.3 Å². The van der Waals surface area contributed by atoms with Crippen molar-refractivity contribution in [3.05, 3.63) is 56.7 Å². The summed E-state index contributed by atoms with van der Waals surface area (Å²) in [5.74, 6) is 0. The van der Waals surface area contributed by atoms with Gasteiger partial charge >= 0.3 is 0 Å². The van der Waals surface area contributed by atoms with E-state index in [0.717, 1.165) is 10.9 Å².